The third-order valence-electron chi connectivity index (χ3n) is 7.20. The van der Waals surface area contributed by atoms with Crippen LogP contribution in [0.4, 0.5) is 0 Å². The van der Waals surface area contributed by atoms with E-state index in [1.54, 1.807) is 30.0 Å². The number of aromatic nitrogens is 1. The zero-order chi connectivity index (χ0) is 27.2. The lowest BCUT2D eigenvalue weighted by Crippen LogP contribution is -2.45. The maximum atomic E-state index is 14.1. The van der Waals surface area contributed by atoms with E-state index < -0.39 is 22.0 Å². The molecule has 0 spiro atoms. The number of carboxylic acids is 1. The van der Waals surface area contributed by atoms with Crippen LogP contribution in [0.2, 0.25) is 0 Å². The first-order valence-electron chi connectivity index (χ1n) is 13.3. The van der Waals surface area contributed by atoms with E-state index in [2.05, 4.69) is 0 Å². The van der Waals surface area contributed by atoms with Crippen LogP contribution in [0.5, 0.6) is 0 Å². The highest BCUT2D eigenvalue weighted by molar-refractivity contribution is 8.01. The van der Waals surface area contributed by atoms with Gasteiger partial charge >= 0.3 is 5.97 Å². The van der Waals surface area contributed by atoms with E-state index in [1.165, 1.54) is 43.4 Å². The molecule has 1 atom stereocenters. The zero-order valence-corrected chi connectivity index (χ0v) is 24.1. The minimum atomic E-state index is -4.15. The van der Waals surface area contributed by atoms with Gasteiger partial charge in [-0.2, -0.15) is 4.31 Å². The van der Waals surface area contributed by atoms with Crippen molar-refractivity contribution in [1.29, 1.82) is 0 Å². The zero-order valence-electron chi connectivity index (χ0n) is 21.6. The maximum absolute atomic E-state index is 14.1. The summed E-state index contributed by atoms with van der Waals surface area (Å²) in [7, 11) is -4.15. The van der Waals surface area contributed by atoms with Crippen molar-refractivity contribution in [2.24, 2.45) is 5.92 Å². The molecular formula is C30H32N2O4S3. The van der Waals surface area contributed by atoms with E-state index in [0.29, 0.717) is 0 Å². The number of fused-ring (bicyclic) bond motifs is 1. The van der Waals surface area contributed by atoms with Crippen molar-refractivity contribution in [3.63, 3.8) is 0 Å². The van der Waals surface area contributed by atoms with Gasteiger partial charge in [0.25, 0.3) is 0 Å². The molecule has 3 aromatic carbocycles. The van der Waals surface area contributed by atoms with Gasteiger partial charge in [0.1, 0.15) is 6.04 Å². The fraction of sp³-hybridized carbons (Fsp3) is 0.333. The van der Waals surface area contributed by atoms with E-state index in [-0.39, 0.29) is 17.9 Å². The molecule has 0 saturated heterocycles. The lowest BCUT2D eigenvalue weighted by Gasteiger charge is -2.28. The van der Waals surface area contributed by atoms with Crippen LogP contribution >= 0.6 is 23.1 Å². The number of hydrogen-bond donors (Lipinski definition) is 1. The van der Waals surface area contributed by atoms with E-state index in [4.69, 9.17) is 4.98 Å². The molecule has 4 aromatic rings. The molecule has 1 heterocycles. The molecule has 9 heteroatoms. The summed E-state index contributed by atoms with van der Waals surface area (Å²) in [5, 5.41) is 10.2. The fourth-order valence-corrected chi connectivity index (χ4v) is 9.05. The molecule has 1 N–H and O–H groups in total. The summed E-state index contributed by atoms with van der Waals surface area (Å²) in [5.41, 5.74) is 2.25. The Morgan fingerprint density at radius 2 is 1.64 bits per heavy atom. The third-order valence-corrected chi connectivity index (χ3v) is 11.4. The Balaban J connectivity index is 1.45. The third kappa shape index (κ3) is 6.90. The summed E-state index contributed by atoms with van der Waals surface area (Å²) in [6.07, 6.45) is 6.53. The van der Waals surface area contributed by atoms with Crippen LogP contribution < -0.4 is 0 Å². The molecule has 1 fully saturated rings. The number of carbonyl (C=O) groups is 1. The van der Waals surface area contributed by atoms with Crippen LogP contribution in [0.15, 0.2) is 88.1 Å². The monoisotopic (exact) mass is 580 g/mol. The molecule has 6 nitrogen and oxygen atoms in total. The minimum absolute atomic E-state index is 0.0454. The van der Waals surface area contributed by atoms with Crippen LogP contribution in [-0.2, 0) is 27.8 Å². The van der Waals surface area contributed by atoms with Gasteiger partial charge in [0.15, 0.2) is 4.34 Å². The SMILES string of the molecule is O=C(O)[C@@H](Cc1ccccc1)N(Cc1ccccc1)S(=O)(=O)c1ccc2nc(SCC3CCCCC3)sc2c1. The Bertz CT molecular complexity index is 1500. The smallest absolute Gasteiger partial charge is 0.322 e. The van der Waals surface area contributed by atoms with Crippen molar-refractivity contribution >= 4 is 49.3 Å². The van der Waals surface area contributed by atoms with Crippen LogP contribution in [0.1, 0.15) is 43.2 Å². The molecule has 39 heavy (non-hydrogen) atoms. The number of hydrogen-bond acceptors (Lipinski definition) is 6. The Kier molecular flexibility index (Phi) is 9.02. The summed E-state index contributed by atoms with van der Waals surface area (Å²) in [4.78, 5) is 17.3. The van der Waals surface area contributed by atoms with Crippen molar-refractivity contribution in [1.82, 2.24) is 9.29 Å². The second kappa shape index (κ2) is 12.6. The first-order chi connectivity index (χ1) is 18.9. The summed E-state index contributed by atoms with van der Waals surface area (Å²) < 4.78 is 31.0. The Morgan fingerprint density at radius 3 is 2.31 bits per heavy atom. The Hall–Kier alpha value is -2.72. The molecule has 1 aliphatic carbocycles. The van der Waals surface area contributed by atoms with E-state index in [0.717, 1.165) is 41.7 Å². The molecular weight excluding hydrogens is 549 g/mol. The van der Waals surface area contributed by atoms with Gasteiger partial charge in [-0.05, 0) is 54.5 Å². The second-order valence-corrected chi connectivity index (χ2v) is 14.2. The average molecular weight is 581 g/mol. The number of thiazole rings is 1. The number of carboxylic acid groups (broad SMARTS) is 1. The molecule has 0 radical (unpaired) electrons. The standard InChI is InChI=1S/C30H32N2O4S3/c33-29(34)27(18-22-10-4-1-5-11-22)32(20-23-12-6-2-7-13-23)39(35,36)25-16-17-26-28(19-25)38-30(31-26)37-21-24-14-8-3-9-15-24/h1-2,4-7,10-13,16-17,19,24,27H,3,8-9,14-15,18,20-21H2,(H,33,34)/t27-/m1/s1. The summed E-state index contributed by atoms with van der Waals surface area (Å²) in [6.45, 7) is -0.0454. The van der Waals surface area contributed by atoms with Crippen LogP contribution in [-0.4, -0.2) is 40.6 Å². The number of benzene rings is 3. The molecule has 1 aromatic heterocycles. The second-order valence-electron chi connectivity index (χ2n) is 10.0. The summed E-state index contributed by atoms with van der Waals surface area (Å²) in [6, 6.07) is 21.9. The van der Waals surface area contributed by atoms with Crippen LogP contribution in [0.25, 0.3) is 10.2 Å². The summed E-state index contributed by atoms with van der Waals surface area (Å²) in [5.74, 6) is 0.574. The largest absolute Gasteiger partial charge is 0.480 e. The molecule has 204 valence electrons. The molecule has 5 rings (SSSR count). The predicted octanol–water partition coefficient (Wildman–Crippen LogP) is 6.86. The fourth-order valence-electron chi connectivity index (χ4n) is 5.06. The topological polar surface area (TPSA) is 87.6 Å². The van der Waals surface area contributed by atoms with Crippen molar-refractivity contribution in [2.45, 2.75) is 60.3 Å². The van der Waals surface area contributed by atoms with Crippen LogP contribution in [0.3, 0.4) is 0 Å². The number of sulfonamides is 1. The van der Waals surface area contributed by atoms with Gasteiger partial charge in [0.2, 0.25) is 10.0 Å². The molecule has 0 aliphatic heterocycles. The van der Waals surface area contributed by atoms with Gasteiger partial charge in [-0.3, -0.25) is 4.79 Å². The predicted molar refractivity (Wildman–Crippen MR) is 158 cm³/mol. The molecule has 1 saturated carbocycles. The normalized spacial score (nSPS) is 15.5. The van der Waals surface area contributed by atoms with Gasteiger partial charge in [0, 0.05) is 12.3 Å². The van der Waals surface area contributed by atoms with E-state index >= 15 is 0 Å². The van der Waals surface area contributed by atoms with Gasteiger partial charge in [-0.1, -0.05) is 91.7 Å². The van der Waals surface area contributed by atoms with Gasteiger partial charge in [0.05, 0.1) is 15.1 Å². The number of thioether (sulfide) groups is 1. The maximum Gasteiger partial charge on any atom is 0.322 e. The Labute approximate surface area is 238 Å². The average Bonchev–Trinajstić information content (AvgIpc) is 3.38. The van der Waals surface area contributed by atoms with Gasteiger partial charge in [-0.15, -0.1) is 11.3 Å². The minimum Gasteiger partial charge on any atom is -0.480 e. The van der Waals surface area contributed by atoms with Crippen molar-refractivity contribution in [3.8, 4) is 0 Å². The van der Waals surface area contributed by atoms with Gasteiger partial charge < -0.3 is 5.11 Å². The quantitative estimate of drug-likeness (QED) is 0.195. The lowest BCUT2D eigenvalue weighted by atomic mass is 9.91. The van der Waals surface area contributed by atoms with E-state index in [9.17, 15) is 18.3 Å². The highest BCUT2D eigenvalue weighted by Gasteiger charge is 2.36. The van der Waals surface area contributed by atoms with Crippen LogP contribution in [0, 0.1) is 5.92 Å². The molecule has 1 aliphatic rings. The Morgan fingerprint density at radius 1 is 0.974 bits per heavy atom. The summed E-state index contributed by atoms with van der Waals surface area (Å²) >= 11 is 3.26. The molecule has 0 bridgehead atoms. The number of nitrogens with zero attached hydrogens (tertiary/aromatic N) is 2. The molecule has 0 amide bonds. The molecule has 0 unspecified atom stereocenters. The number of rotatable bonds is 11. The van der Waals surface area contributed by atoms with E-state index in [1.807, 2.05) is 60.7 Å². The highest BCUT2D eigenvalue weighted by atomic mass is 32.2. The van der Waals surface area contributed by atoms with Crippen molar-refractivity contribution in [2.75, 3.05) is 5.75 Å². The highest BCUT2D eigenvalue weighted by Crippen LogP contribution is 2.35. The first-order valence-corrected chi connectivity index (χ1v) is 16.5. The number of aliphatic carboxylic acids is 1. The lowest BCUT2D eigenvalue weighted by molar-refractivity contribution is -0.141. The van der Waals surface area contributed by atoms with Gasteiger partial charge in [-0.25, -0.2) is 13.4 Å². The van der Waals surface area contributed by atoms with Crippen molar-refractivity contribution in [3.05, 3.63) is 90.0 Å². The van der Waals surface area contributed by atoms with Crippen molar-refractivity contribution < 1.29 is 18.3 Å². The first kappa shape index (κ1) is 27.8.